The Morgan fingerprint density at radius 3 is 2.56 bits per heavy atom. The maximum atomic E-state index is 5.67. The monoisotopic (exact) mass is 264 g/mol. The Bertz CT molecular complexity index is 500. The minimum atomic E-state index is -0.102. The van der Waals surface area contributed by atoms with Gasteiger partial charge in [0.15, 0.2) is 11.5 Å². The first-order valence-electron chi connectivity index (χ1n) is 5.52. The van der Waals surface area contributed by atoms with E-state index in [0.29, 0.717) is 11.5 Å². The van der Waals surface area contributed by atoms with Gasteiger partial charge in [0.25, 0.3) is 0 Å². The van der Waals surface area contributed by atoms with E-state index in [-0.39, 0.29) is 6.04 Å². The molecule has 1 aromatic heterocycles. The molecule has 0 saturated heterocycles. The molecular weight excluding hydrogens is 248 g/mol. The first-order valence-corrected chi connectivity index (χ1v) is 6.40. The summed E-state index contributed by atoms with van der Waals surface area (Å²) in [6, 6.07) is 9.70. The van der Waals surface area contributed by atoms with Gasteiger partial charge in [-0.3, -0.25) is 5.84 Å². The average Bonchev–Trinajstić information content (AvgIpc) is 2.93. The molecule has 1 aromatic carbocycles. The van der Waals surface area contributed by atoms with Crippen molar-refractivity contribution in [3.05, 3.63) is 46.2 Å². The van der Waals surface area contributed by atoms with Crippen molar-refractivity contribution in [2.45, 2.75) is 6.04 Å². The average molecular weight is 264 g/mol. The van der Waals surface area contributed by atoms with Crippen molar-refractivity contribution in [1.29, 1.82) is 0 Å². The number of nitrogens with two attached hydrogens (primary N) is 1. The van der Waals surface area contributed by atoms with Gasteiger partial charge in [0, 0.05) is 10.4 Å². The molecule has 2 rings (SSSR count). The molecule has 1 heterocycles. The molecule has 0 amide bonds. The molecule has 0 radical (unpaired) electrons. The van der Waals surface area contributed by atoms with Crippen LogP contribution in [0.25, 0.3) is 0 Å². The molecule has 0 aliphatic rings. The summed E-state index contributed by atoms with van der Waals surface area (Å²) in [5, 5.41) is 2.02. The summed E-state index contributed by atoms with van der Waals surface area (Å²) in [4.78, 5) is 1.13. The van der Waals surface area contributed by atoms with Crippen molar-refractivity contribution >= 4 is 11.3 Å². The largest absolute Gasteiger partial charge is 0.493 e. The van der Waals surface area contributed by atoms with E-state index in [9.17, 15) is 0 Å². The highest BCUT2D eigenvalue weighted by Gasteiger charge is 2.20. The first-order chi connectivity index (χ1) is 8.81. The number of para-hydroxylation sites is 1. The van der Waals surface area contributed by atoms with Crippen LogP contribution in [0.2, 0.25) is 0 Å². The van der Waals surface area contributed by atoms with Gasteiger partial charge in [-0.25, -0.2) is 5.43 Å². The van der Waals surface area contributed by atoms with Crippen LogP contribution in [0.3, 0.4) is 0 Å². The zero-order valence-corrected chi connectivity index (χ0v) is 11.2. The van der Waals surface area contributed by atoms with Crippen molar-refractivity contribution in [3.8, 4) is 11.5 Å². The van der Waals surface area contributed by atoms with E-state index in [1.807, 2.05) is 35.7 Å². The van der Waals surface area contributed by atoms with Crippen LogP contribution in [-0.4, -0.2) is 14.2 Å². The lowest BCUT2D eigenvalue weighted by molar-refractivity contribution is 0.349. The number of methoxy groups -OCH3 is 2. The van der Waals surface area contributed by atoms with E-state index in [0.717, 1.165) is 10.4 Å². The fourth-order valence-electron chi connectivity index (χ4n) is 1.92. The Labute approximate surface area is 110 Å². The topological polar surface area (TPSA) is 56.5 Å². The second-order valence-electron chi connectivity index (χ2n) is 3.70. The highest BCUT2D eigenvalue weighted by Crippen LogP contribution is 2.37. The van der Waals surface area contributed by atoms with Crippen LogP contribution in [0.4, 0.5) is 0 Å². The maximum Gasteiger partial charge on any atom is 0.165 e. The Morgan fingerprint density at radius 2 is 2.00 bits per heavy atom. The third-order valence-corrected chi connectivity index (χ3v) is 3.68. The number of rotatable bonds is 5. The number of hydrogen-bond acceptors (Lipinski definition) is 5. The van der Waals surface area contributed by atoms with Crippen LogP contribution in [0, 0.1) is 0 Å². The summed E-state index contributed by atoms with van der Waals surface area (Å²) in [7, 11) is 3.25. The maximum absolute atomic E-state index is 5.67. The highest BCUT2D eigenvalue weighted by atomic mass is 32.1. The Morgan fingerprint density at radius 1 is 1.17 bits per heavy atom. The van der Waals surface area contributed by atoms with E-state index in [1.54, 1.807) is 25.6 Å². The highest BCUT2D eigenvalue weighted by molar-refractivity contribution is 7.10. The van der Waals surface area contributed by atoms with Gasteiger partial charge in [-0.05, 0) is 17.5 Å². The van der Waals surface area contributed by atoms with E-state index < -0.39 is 0 Å². The number of benzene rings is 1. The summed E-state index contributed by atoms with van der Waals surface area (Å²) < 4.78 is 10.7. The molecule has 96 valence electrons. The van der Waals surface area contributed by atoms with Crippen LogP contribution in [0.1, 0.15) is 16.5 Å². The third-order valence-electron chi connectivity index (χ3n) is 2.74. The summed E-state index contributed by atoms with van der Waals surface area (Å²) in [5.41, 5.74) is 3.78. The molecule has 0 spiro atoms. The zero-order chi connectivity index (χ0) is 13.0. The lowest BCUT2D eigenvalue weighted by Crippen LogP contribution is -2.28. The number of hydrogen-bond donors (Lipinski definition) is 2. The molecule has 0 aliphatic carbocycles. The van der Waals surface area contributed by atoms with Crippen LogP contribution >= 0.6 is 11.3 Å². The van der Waals surface area contributed by atoms with Crippen LogP contribution in [0.5, 0.6) is 11.5 Å². The molecule has 1 atom stereocenters. The number of hydrazine groups is 1. The van der Waals surface area contributed by atoms with Gasteiger partial charge in [-0.2, -0.15) is 0 Å². The van der Waals surface area contributed by atoms with Gasteiger partial charge in [0.05, 0.1) is 20.3 Å². The standard InChI is InChI=1S/C13H16N2O2S/c1-16-10-6-3-5-9(13(10)17-2)12(15-14)11-7-4-8-18-11/h3-8,12,15H,14H2,1-2H3. The summed E-state index contributed by atoms with van der Waals surface area (Å²) in [6.45, 7) is 0. The van der Waals surface area contributed by atoms with Crippen molar-refractivity contribution in [3.63, 3.8) is 0 Å². The van der Waals surface area contributed by atoms with Crippen molar-refractivity contribution in [1.82, 2.24) is 5.43 Å². The van der Waals surface area contributed by atoms with Gasteiger partial charge >= 0.3 is 0 Å². The lowest BCUT2D eigenvalue weighted by Gasteiger charge is -2.19. The molecule has 0 fully saturated rings. The lowest BCUT2D eigenvalue weighted by atomic mass is 10.0. The second-order valence-corrected chi connectivity index (χ2v) is 4.68. The minimum absolute atomic E-state index is 0.102. The zero-order valence-electron chi connectivity index (χ0n) is 10.3. The molecule has 1 unspecified atom stereocenters. The van der Waals surface area contributed by atoms with Crippen LogP contribution in [0.15, 0.2) is 35.7 Å². The molecule has 4 nitrogen and oxygen atoms in total. The minimum Gasteiger partial charge on any atom is -0.493 e. The van der Waals surface area contributed by atoms with Crippen molar-refractivity contribution in [2.24, 2.45) is 5.84 Å². The van der Waals surface area contributed by atoms with Crippen LogP contribution < -0.4 is 20.7 Å². The van der Waals surface area contributed by atoms with Crippen molar-refractivity contribution < 1.29 is 9.47 Å². The summed E-state index contributed by atoms with van der Waals surface area (Å²) >= 11 is 1.64. The number of ether oxygens (including phenoxy) is 2. The molecule has 0 aliphatic heterocycles. The van der Waals surface area contributed by atoms with Gasteiger partial charge in [0.2, 0.25) is 0 Å². The van der Waals surface area contributed by atoms with Crippen LogP contribution in [-0.2, 0) is 0 Å². The Kier molecular flexibility index (Phi) is 4.19. The first kappa shape index (κ1) is 12.9. The van der Waals surface area contributed by atoms with Gasteiger partial charge in [-0.15, -0.1) is 11.3 Å². The Hall–Kier alpha value is -1.56. The van der Waals surface area contributed by atoms with Gasteiger partial charge in [-0.1, -0.05) is 18.2 Å². The molecule has 2 aromatic rings. The van der Waals surface area contributed by atoms with E-state index in [4.69, 9.17) is 15.3 Å². The number of thiophene rings is 1. The molecule has 5 heteroatoms. The third kappa shape index (κ3) is 2.33. The van der Waals surface area contributed by atoms with E-state index >= 15 is 0 Å². The number of nitrogens with one attached hydrogen (secondary N) is 1. The quantitative estimate of drug-likeness (QED) is 0.643. The normalized spacial score (nSPS) is 12.2. The van der Waals surface area contributed by atoms with Gasteiger partial charge < -0.3 is 9.47 Å². The second kappa shape index (κ2) is 5.86. The fourth-order valence-corrected chi connectivity index (χ4v) is 2.72. The molecule has 0 bridgehead atoms. The Balaban J connectivity index is 2.48. The predicted octanol–water partition coefficient (Wildman–Crippen LogP) is 2.32. The van der Waals surface area contributed by atoms with Crippen molar-refractivity contribution in [2.75, 3.05) is 14.2 Å². The molecule has 0 saturated carbocycles. The van der Waals surface area contributed by atoms with E-state index in [1.165, 1.54) is 0 Å². The van der Waals surface area contributed by atoms with E-state index in [2.05, 4.69) is 5.43 Å². The summed E-state index contributed by atoms with van der Waals surface area (Å²) in [5.74, 6) is 7.08. The molecule has 18 heavy (non-hydrogen) atoms. The van der Waals surface area contributed by atoms with Gasteiger partial charge in [0.1, 0.15) is 0 Å². The fraction of sp³-hybridized carbons (Fsp3) is 0.231. The SMILES string of the molecule is COc1cccc(C(NN)c2cccs2)c1OC. The molecule has 3 N–H and O–H groups in total. The summed E-state index contributed by atoms with van der Waals surface area (Å²) in [6.07, 6.45) is 0. The molecular formula is C13H16N2O2S. The predicted molar refractivity (Wildman–Crippen MR) is 73.0 cm³/mol. The smallest absolute Gasteiger partial charge is 0.165 e.